The number of nitrogens with one attached hydrogen (secondary N) is 1. The lowest BCUT2D eigenvalue weighted by Crippen LogP contribution is -2.47. The third kappa shape index (κ3) is 6.23. The Morgan fingerprint density at radius 1 is 1.26 bits per heavy atom. The van der Waals surface area contributed by atoms with Gasteiger partial charge in [0.2, 0.25) is 0 Å². The number of esters is 1. The summed E-state index contributed by atoms with van der Waals surface area (Å²) in [6.07, 6.45) is 1.97. The van der Waals surface area contributed by atoms with Gasteiger partial charge < -0.3 is 15.0 Å². The van der Waals surface area contributed by atoms with Crippen LogP contribution < -0.4 is 5.32 Å². The van der Waals surface area contributed by atoms with E-state index in [0.29, 0.717) is 24.5 Å². The van der Waals surface area contributed by atoms with Gasteiger partial charge in [-0.2, -0.15) is 0 Å². The number of carbonyl (C=O) groups excluding carboxylic acids is 1. The molecule has 1 fully saturated rings. The topological polar surface area (TPSA) is 88.1 Å². The molecule has 0 radical (unpaired) electrons. The summed E-state index contributed by atoms with van der Waals surface area (Å²) < 4.78 is 29.7. The van der Waals surface area contributed by atoms with Crippen LogP contribution in [0.15, 0.2) is 40.2 Å². The van der Waals surface area contributed by atoms with E-state index < -0.39 is 9.84 Å². The Labute approximate surface area is 161 Å². The third-order valence-electron chi connectivity index (χ3n) is 4.60. The number of carbonyl (C=O) groups is 1. The molecule has 1 aliphatic heterocycles. The minimum Gasteiger partial charge on any atom is -0.466 e. The van der Waals surface area contributed by atoms with E-state index in [-0.39, 0.29) is 17.6 Å². The molecule has 1 aromatic rings. The van der Waals surface area contributed by atoms with E-state index >= 15 is 0 Å². The number of likely N-dealkylation sites (tertiary alicyclic amines) is 1. The fraction of sp³-hybridized carbons (Fsp3) is 0.579. The lowest BCUT2D eigenvalue weighted by molar-refractivity contribution is -0.149. The predicted octanol–water partition coefficient (Wildman–Crippen LogP) is 1.70. The number of guanidine groups is 1. The monoisotopic (exact) mass is 395 g/mol. The van der Waals surface area contributed by atoms with E-state index in [9.17, 15) is 13.2 Å². The van der Waals surface area contributed by atoms with Crippen LogP contribution in [0.1, 0.15) is 26.2 Å². The molecule has 0 bridgehead atoms. The van der Waals surface area contributed by atoms with Gasteiger partial charge in [0, 0.05) is 26.7 Å². The molecule has 8 heteroatoms. The molecule has 0 aliphatic carbocycles. The van der Waals surface area contributed by atoms with Gasteiger partial charge in [-0.25, -0.2) is 8.42 Å². The second-order valence-corrected chi connectivity index (χ2v) is 8.58. The van der Waals surface area contributed by atoms with Gasteiger partial charge >= 0.3 is 5.97 Å². The smallest absolute Gasteiger partial charge is 0.309 e. The van der Waals surface area contributed by atoms with Crippen molar-refractivity contribution in [3.8, 4) is 0 Å². The Morgan fingerprint density at radius 3 is 2.52 bits per heavy atom. The van der Waals surface area contributed by atoms with Crippen molar-refractivity contribution in [1.29, 1.82) is 0 Å². The number of nitrogens with zero attached hydrogens (tertiary/aromatic N) is 2. The zero-order valence-electron chi connectivity index (χ0n) is 16.1. The van der Waals surface area contributed by atoms with Gasteiger partial charge in [0.15, 0.2) is 15.8 Å². The zero-order valence-corrected chi connectivity index (χ0v) is 16.9. The van der Waals surface area contributed by atoms with E-state index in [1.54, 1.807) is 37.4 Å². The molecule has 1 aliphatic rings. The van der Waals surface area contributed by atoms with Gasteiger partial charge in [-0.15, -0.1) is 0 Å². The van der Waals surface area contributed by atoms with Gasteiger partial charge in [-0.1, -0.05) is 18.2 Å². The predicted molar refractivity (Wildman–Crippen MR) is 105 cm³/mol. The Kier molecular flexibility index (Phi) is 8.09. The summed E-state index contributed by atoms with van der Waals surface area (Å²) >= 11 is 0. The number of benzene rings is 1. The molecule has 0 atom stereocenters. The average molecular weight is 396 g/mol. The minimum atomic E-state index is -3.26. The van der Waals surface area contributed by atoms with Gasteiger partial charge in [0.05, 0.1) is 23.2 Å². The summed E-state index contributed by atoms with van der Waals surface area (Å²) in [4.78, 5) is 18.6. The molecular weight excluding hydrogens is 366 g/mol. The van der Waals surface area contributed by atoms with Crippen molar-refractivity contribution in [2.75, 3.05) is 39.0 Å². The second-order valence-electron chi connectivity index (χ2n) is 6.47. The molecular formula is C19H29N3O4S. The quantitative estimate of drug-likeness (QED) is 0.327. The van der Waals surface area contributed by atoms with Crippen LogP contribution in [0.2, 0.25) is 0 Å². The van der Waals surface area contributed by atoms with Crippen LogP contribution in [0.25, 0.3) is 0 Å². The molecule has 1 saturated heterocycles. The van der Waals surface area contributed by atoms with Crippen LogP contribution in [-0.2, 0) is 19.4 Å². The number of sulfone groups is 1. The van der Waals surface area contributed by atoms with E-state index in [1.165, 1.54) is 0 Å². The maximum atomic E-state index is 12.3. The first kappa shape index (κ1) is 21.2. The summed E-state index contributed by atoms with van der Waals surface area (Å²) in [6, 6.07) is 8.50. The van der Waals surface area contributed by atoms with E-state index in [2.05, 4.69) is 15.2 Å². The first-order valence-electron chi connectivity index (χ1n) is 9.38. The SMILES string of the molecule is CCOC(=O)C1CCN(C(=NC)NCCCS(=O)(=O)c2ccccc2)CC1. The summed E-state index contributed by atoms with van der Waals surface area (Å²) in [5, 5.41) is 3.23. The van der Waals surface area contributed by atoms with Crippen molar-refractivity contribution >= 4 is 21.8 Å². The fourth-order valence-electron chi connectivity index (χ4n) is 3.13. The second kappa shape index (κ2) is 10.3. The summed E-state index contributed by atoms with van der Waals surface area (Å²) in [5.74, 6) is 0.669. The first-order valence-corrected chi connectivity index (χ1v) is 11.0. The normalized spacial score (nSPS) is 16.2. The highest BCUT2D eigenvalue weighted by atomic mass is 32.2. The fourth-order valence-corrected chi connectivity index (χ4v) is 4.46. The Balaban J connectivity index is 1.76. The van der Waals surface area contributed by atoms with Crippen molar-refractivity contribution in [2.24, 2.45) is 10.9 Å². The van der Waals surface area contributed by atoms with Gasteiger partial charge in [-0.3, -0.25) is 9.79 Å². The highest BCUT2D eigenvalue weighted by Gasteiger charge is 2.27. The Bertz CT molecular complexity index is 727. The van der Waals surface area contributed by atoms with Crippen LogP contribution in [-0.4, -0.2) is 64.3 Å². The number of ether oxygens (including phenoxy) is 1. The first-order chi connectivity index (χ1) is 13.0. The highest BCUT2D eigenvalue weighted by molar-refractivity contribution is 7.91. The van der Waals surface area contributed by atoms with Gasteiger partial charge in [-0.05, 0) is 38.3 Å². The van der Waals surface area contributed by atoms with Gasteiger partial charge in [0.25, 0.3) is 0 Å². The molecule has 150 valence electrons. The van der Waals surface area contributed by atoms with Crippen LogP contribution >= 0.6 is 0 Å². The molecule has 1 aromatic carbocycles. The number of aliphatic imine (C=N–C) groups is 1. The summed E-state index contributed by atoms with van der Waals surface area (Å²) in [5.41, 5.74) is 0. The maximum Gasteiger partial charge on any atom is 0.309 e. The van der Waals surface area contributed by atoms with E-state index in [0.717, 1.165) is 31.9 Å². The van der Waals surface area contributed by atoms with E-state index in [4.69, 9.17) is 4.74 Å². The molecule has 0 aromatic heterocycles. The molecule has 27 heavy (non-hydrogen) atoms. The van der Waals surface area contributed by atoms with Crippen molar-refractivity contribution in [1.82, 2.24) is 10.2 Å². The van der Waals surface area contributed by atoms with Crippen molar-refractivity contribution in [2.45, 2.75) is 31.1 Å². The molecule has 1 heterocycles. The summed E-state index contributed by atoms with van der Waals surface area (Å²) in [7, 11) is -1.55. The standard InChI is InChI=1S/C19H29N3O4S/c1-3-26-18(23)16-10-13-22(14-11-16)19(20-2)21-12-7-15-27(24,25)17-8-5-4-6-9-17/h4-6,8-9,16H,3,7,10-15H2,1-2H3,(H,20,21). The Morgan fingerprint density at radius 2 is 1.93 bits per heavy atom. The lowest BCUT2D eigenvalue weighted by Gasteiger charge is -2.33. The molecule has 0 saturated carbocycles. The molecule has 7 nitrogen and oxygen atoms in total. The Hall–Kier alpha value is -2.09. The molecule has 0 unspecified atom stereocenters. The average Bonchev–Trinajstić information content (AvgIpc) is 2.69. The van der Waals surface area contributed by atoms with Crippen LogP contribution in [0.4, 0.5) is 0 Å². The highest BCUT2D eigenvalue weighted by Crippen LogP contribution is 2.18. The van der Waals surface area contributed by atoms with Crippen LogP contribution in [0.5, 0.6) is 0 Å². The number of piperidine rings is 1. The third-order valence-corrected chi connectivity index (χ3v) is 6.42. The van der Waals surface area contributed by atoms with Crippen molar-refractivity contribution in [3.63, 3.8) is 0 Å². The molecule has 1 N–H and O–H groups in total. The zero-order chi connectivity index (χ0) is 19.7. The molecule has 0 spiro atoms. The largest absolute Gasteiger partial charge is 0.466 e. The van der Waals surface area contributed by atoms with E-state index in [1.807, 2.05) is 6.92 Å². The van der Waals surface area contributed by atoms with Gasteiger partial charge in [0.1, 0.15) is 0 Å². The van der Waals surface area contributed by atoms with Crippen LogP contribution in [0, 0.1) is 5.92 Å². The molecule has 0 amide bonds. The van der Waals surface area contributed by atoms with Crippen molar-refractivity contribution < 1.29 is 17.9 Å². The number of rotatable bonds is 7. The number of hydrogen-bond acceptors (Lipinski definition) is 5. The van der Waals surface area contributed by atoms with Crippen molar-refractivity contribution in [3.05, 3.63) is 30.3 Å². The maximum absolute atomic E-state index is 12.3. The number of hydrogen-bond donors (Lipinski definition) is 1. The van der Waals surface area contributed by atoms with Crippen LogP contribution in [0.3, 0.4) is 0 Å². The summed E-state index contributed by atoms with van der Waals surface area (Å²) in [6.45, 7) is 4.21. The lowest BCUT2D eigenvalue weighted by atomic mass is 9.97. The molecule has 2 rings (SSSR count). The minimum absolute atomic E-state index is 0.0460.